The normalized spacial score (nSPS) is 16.9. The van der Waals surface area contributed by atoms with Crippen LogP contribution < -0.4 is 0 Å². The van der Waals surface area contributed by atoms with Crippen LogP contribution >= 0.6 is 22.9 Å². The summed E-state index contributed by atoms with van der Waals surface area (Å²) >= 11 is 7.01. The molecule has 2 heterocycles. The van der Waals surface area contributed by atoms with Crippen molar-refractivity contribution in [3.8, 4) is 0 Å². The number of halogens is 1. The lowest BCUT2D eigenvalue weighted by atomic mass is 10.4. The highest BCUT2D eigenvalue weighted by Crippen LogP contribution is 2.15. The van der Waals surface area contributed by atoms with Gasteiger partial charge in [0.1, 0.15) is 18.2 Å². The summed E-state index contributed by atoms with van der Waals surface area (Å²) in [4.78, 5) is 28.2. The van der Waals surface area contributed by atoms with Gasteiger partial charge < -0.3 is 4.74 Å². The zero-order chi connectivity index (χ0) is 11.5. The first kappa shape index (κ1) is 11.5. The number of hydrogen-bond donors (Lipinski definition) is 0. The fourth-order valence-electron chi connectivity index (χ4n) is 1.32. The molecule has 2 rings (SSSR count). The predicted octanol–water partition coefficient (Wildman–Crippen LogP) is 0.767. The van der Waals surface area contributed by atoms with E-state index in [9.17, 15) is 9.59 Å². The van der Waals surface area contributed by atoms with Crippen LogP contribution in [-0.2, 0) is 26.8 Å². The summed E-state index contributed by atoms with van der Waals surface area (Å²) in [7, 11) is 0. The minimum atomic E-state index is -0.320. The van der Waals surface area contributed by atoms with Crippen LogP contribution in [-0.4, -0.2) is 34.9 Å². The van der Waals surface area contributed by atoms with Crippen LogP contribution in [0.4, 0.5) is 0 Å². The number of carbonyl (C=O) groups is 2. The Morgan fingerprint density at radius 2 is 2.12 bits per heavy atom. The number of carbonyl (C=O) groups excluding carboxylic acids is 2. The Labute approximate surface area is 101 Å². The number of ether oxygens (including phenoxy) is 1. The minimum Gasteiger partial charge on any atom is -0.362 e. The number of hydrogen-bond acceptors (Lipinski definition) is 5. The van der Waals surface area contributed by atoms with Crippen LogP contribution in [0.3, 0.4) is 0 Å². The number of imide groups is 1. The van der Waals surface area contributed by atoms with Gasteiger partial charge in [-0.2, -0.15) is 0 Å². The van der Waals surface area contributed by atoms with Crippen molar-refractivity contribution in [3.05, 3.63) is 16.1 Å². The predicted molar refractivity (Wildman–Crippen MR) is 58.0 cm³/mol. The standard InChI is InChI=1S/C9H9ClN2O3S/c10-1-6-5-16-7(11-6)2-12-8(13)3-15-4-9(12)14/h5H,1-4H2. The van der Waals surface area contributed by atoms with E-state index >= 15 is 0 Å². The van der Waals surface area contributed by atoms with Gasteiger partial charge >= 0.3 is 0 Å². The van der Waals surface area contributed by atoms with Gasteiger partial charge in [-0.15, -0.1) is 22.9 Å². The molecule has 0 unspecified atom stereocenters. The maximum absolute atomic E-state index is 11.4. The molecule has 5 nitrogen and oxygen atoms in total. The smallest absolute Gasteiger partial charge is 0.255 e. The van der Waals surface area contributed by atoms with Crippen molar-refractivity contribution < 1.29 is 14.3 Å². The number of alkyl halides is 1. The van der Waals surface area contributed by atoms with Crippen LogP contribution in [0.1, 0.15) is 10.7 Å². The number of amides is 2. The third-order valence-corrected chi connectivity index (χ3v) is 3.24. The molecular formula is C9H9ClN2O3S. The van der Waals surface area contributed by atoms with E-state index in [-0.39, 0.29) is 31.6 Å². The van der Waals surface area contributed by atoms with Crippen LogP contribution in [0.15, 0.2) is 5.38 Å². The van der Waals surface area contributed by atoms with E-state index in [0.29, 0.717) is 10.9 Å². The number of aromatic nitrogens is 1. The molecule has 7 heteroatoms. The molecule has 0 saturated carbocycles. The highest BCUT2D eigenvalue weighted by molar-refractivity contribution is 7.09. The van der Waals surface area contributed by atoms with Crippen molar-refractivity contribution in [2.45, 2.75) is 12.4 Å². The first-order chi connectivity index (χ1) is 7.70. The second-order valence-electron chi connectivity index (χ2n) is 3.23. The van der Waals surface area contributed by atoms with Gasteiger partial charge in [0.2, 0.25) is 0 Å². The van der Waals surface area contributed by atoms with Crippen LogP contribution in [0, 0.1) is 0 Å². The molecule has 1 aromatic heterocycles. The van der Waals surface area contributed by atoms with E-state index in [2.05, 4.69) is 4.98 Å². The largest absolute Gasteiger partial charge is 0.362 e. The lowest BCUT2D eigenvalue weighted by molar-refractivity contribution is -0.159. The van der Waals surface area contributed by atoms with E-state index in [1.807, 2.05) is 5.38 Å². The van der Waals surface area contributed by atoms with Gasteiger partial charge in [-0.1, -0.05) is 0 Å². The Morgan fingerprint density at radius 1 is 1.44 bits per heavy atom. The van der Waals surface area contributed by atoms with E-state index in [1.54, 1.807) is 0 Å². The average Bonchev–Trinajstić information content (AvgIpc) is 2.71. The van der Waals surface area contributed by atoms with Gasteiger partial charge in [0.25, 0.3) is 11.8 Å². The van der Waals surface area contributed by atoms with Crippen LogP contribution in [0.5, 0.6) is 0 Å². The topological polar surface area (TPSA) is 59.5 Å². The molecule has 0 bridgehead atoms. The third kappa shape index (κ3) is 2.40. The second kappa shape index (κ2) is 4.90. The SMILES string of the molecule is O=C1COCC(=O)N1Cc1nc(CCl)cs1. The first-order valence-corrected chi connectivity index (χ1v) is 6.02. The van der Waals surface area contributed by atoms with Crippen LogP contribution in [0.25, 0.3) is 0 Å². The molecule has 0 radical (unpaired) electrons. The van der Waals surface area contributed by atoms with Crippen molar-refractivity contribution >= 4 is 34.8 Å². The molecule has 1 fully saturated rings. The summed E-state index contributed by atoms with van der Waals surface area (Å²) in [5.74, 6) is -0.306. The Morgan fingerprint density at radius 3 is 2.69 bits per heavy atom. The van der Waals surface area contributed by atoms with Crippen molar-refractivity contribution in [1.29, 1.82) is 0 Å². The summed E-state index contributed by atoms with van der Waals surface area (Å²) in [6.45, 7) is 0.127. The van der Waals surface area contributed by atoms with E-state index < -0.39 is 0 Å². The molecule has 0 aliphatic carbocycles. The van der Waals surface area contributed by atoms with Crippen LogP contribution in [0.2, 0.25) is 0 Å². The molecule has 86 valence electrons. The molecule has 16 heavy (non-hydrogen) atoms. The van der Waals surface area contributed by atoms with Gasteiger partial charge in [0.15, 0.2) is 0 Å². The zero-order valence-corrected chi connectivity index (χ0v) is 9.88. The first-order valence-electron chi connectivity index (χ1n) is 4.61. The highest BCUT2D eigenvalue weighted by atomic mass is 35.5. The fourth-order valence-corrected chi connectivity index (χ4v) is 2.33. The highest BCUT2D eigenvalue weighted by Gasteiger charge is 2.27. The summed E-state index contributed by atoms with van der Waals surface area (Å²) in [6, 6.07) is 0. The Bertz CT molecular complexity index is 405. The maximum Gasteiger partial charge on any atom is 0.255 e. The lowest BCUT2D eigenvalue weighted by Gasteiger charge is -2.23. The van der Waals surface area contributed by atoms with E-state index in [4.69, 9.17) is 16.3 Å². The number of thiazole rings is 1. The molecule has 2 amide bonds. The third-order valence-electron chi connectivity index (χ3n) is 2.08. The Hall–Kier alpha value is -0.980. The lowest BCUT2D eigenvalue weighted by Crippen LogP contribution is -2.45. The molecule has 0 atom stereocenters. The Kier molecular flexibility index (Phi) is 3.52. The Balaban J connectivity index is 2.07. The van der Waals surface area contributed by atoms with Gasteiger partial charge in [-0.05, 0) is 0 Å². The molecule has 1 saturated heterocycles. The van der Waals surface area contributed by atoms with Crippen molar-refractivity contribution in [2.24, 2.45) is 0 Å². The van der Waals surface area contributed by atoms with E-state index in [1.165, 1.54) is 16.2 Å². The van der Waals surface area contributed by atoms with Crippen molar-refractivity contribution in [2.75, 3.05) is 13.2 Å². The van der Waals surface area contributed by atoms with Crippen molar-refractivity contribution in [3.63, 3.8) is 0 Å². The molecule has 1 aliphatic rings. The van der Waals surface area contributed by atoms with E-state index in [0.717, 1.165) is 5.69 Å². The van der Waals surface area contributed by atoms with Gasteiger partial charge in [0.05, 0.1) is 18.1 Å². The van der Waals surface area contributed by atoms with Gasteiger partial charge in [-0.25, -0.2) is 4.98 Å². The fraction of sp³-hybridized carbons (Fsp3) is 0.444. The summed E-state index contributed by atoms with van der Waals surface area (Å²) in [5, 5.41) is 2.52. The zero-order valence-electron chi connectivity index (χ0n) is 8.31. The quantitative estimate of drug-likeness (QED) is 0.595. The second-order valence-corrected chi connectivity index (χ2v) is 4.44. The number of morpholine rings is 1. The van der Waals surface area contributed by atoms with Gasteiger partial charge in [0, 0.05) is 5.38 Å². The number of nitrogens with zero attached hydrogens (tertiary/aromatic N) is 2. The van der Waals surface area contributed by atoms with Crippen molar-refractivity contribution in [1.82, 2.24) is 9.88 Å². The minimum absolute atomic E-state index is 0.0422. The molecule has 0 spiro atoms. The molecular weight excluding hydrogens is 252 g/mol. The summed E-state index contributed by atoms with van der Waals surface area (Å²) < 4.78 is 4.81. The maximum atomic E-state index is 11.4. The monoisotopic (exact) mass is 260 g/mol. The number of rotatable bonds is 3. The van der Waals surface area contributed by atoms with Gasteiger partial charge in [-0.3, -0.25) is 14.5 Å². The average molecular weight is 261 g/mol. The molecule has 1 aromatic rings. The summed E-state index contributed by atoms with van der Waals surface area (Å²) in [5.41, 5.74) is 0.759. The molecule has 0 aromatic carbocycles. The molecule has 0 N–H and O–H groups in total. The summed E-state index contributed by atoms with van der Waals surface area (Å²) in [6.07, 6.45) is 0. The molecule has 1 aliphatic heterocycles.